The molecule has 0 aromatic heterocycles. The first-order valence-electron chi connectivity index (χ1n) is 13.8. The summed E-state index contributed by atoms with van der Waals surface area (Å²) in [5.41, 5.74) is 2.09. The maximum Gasteiger partial charge on any atom is 0.397 e. The highest BCUT2D eigenvalue weighted by Gasteiger charge is 2.45. The summed E-state index contributed by atoms with van der Waals surface area (Å²) in [6.07, 6.45) is 9.53. The summed E-state index contributed by atoms with van der Waals surface area (Å²) in [5.74, 6) is 3.02. The van der Waals surface area contributed by atoms with Crippen molar-refractivity contribution < 1.29 is 27.0 Å². The molecular formula is C29H50O6S. The van der Waals surface area contributed by atoms with Crippen molar-refractivity contribution in [2.45, 2.75) is 131 Å². The van der Waals surface area contributed by atoms with Crippen molar-refractivity contribution in [3.8, 4) is 11.5 Å². The van der Waals surface area contributed by atoms with Crippen LogP contribution in [-0.2, 0) is 21.0 Å². The average Bonchev–Trinajstić information content (AvgIpc) is 2.76. The molecule has 0 amide bonds. The number of hydrogen-bond donors (Lipinski definition) is 2. The first-order chi connectivity index (χ1) is 16.6. The molecule has 1 heterocycles. The molecule has 6 nitrogen and oxygen atoms in total. The number of ether oxygens (including phenoxy) is 1. The van der Waals surface area contributed by atoms with Gasteiger partial charge in [0.15, 0.2) is 0 Å². The molecular weight excluding hydrogens is 476 g/mol. The van der Waals surface area contributed by atoms with Gasteiger partial charge in [-0.3, -0.25) is 4.55 Å². The van der Waals surface area contributed by atoms with E-state index in [1.54, 1.807) is 6.92 Å². The lowest BCUT2D eigenvalue weighted by atomic mass is 9.81. The van der Waals surface area contributed by atoms with Gasteiger partial charge in [-0.25, -0.2) is 4.18 Å². The van der Waals surface area contributed by atoms with Crippen LogP contribution in [0.25, 0.3) is 0 Å². The standard InChI is InChI=1S/C29H50O6S/c1-19(2)12-9-13-20(3)14-10-15-21(4)16-11-17-29(8)26(35-36(31,32)33)18-25-24(7)27(30)22(5)23(6)28(25)34-29/h19-21,26,30H,9-18H2,1-8H3,(H,31,32,33)/t20-,21+,26?,29-/m0/s1. The molecule has 1 aliphatic rings. The van der Waals surface area contributed by atoms with E-state index in [1.807, 2.05) is 20.8 Å². The van der Waals surface area contributed by atoms with E-state index >= 15 is 0 Å². The van der Waals surface area contributed by atoms with E-state index in [9.17, 15) is 18.1 Å². The molecule has 0 aliphatic carbocycles. The quantitative estimate of drug-likeness (QED) is 0.242. The molecule has 1 aliphatic heterocycles. The molecule has 2 N–H and O–H groups in total. The van der Waals surface area contributed by atoms with Crippen molar-refractivity contribution in [1.29, 1.82) is 0 Å². The molecule has 0 fully saturated rings. The highest BCUT2D eigenvalue weighted by Crippen LogP contribution is 2.45. The molecule has 36 heavy (non-hydrogen) atoms. The minimum Gasteiger partial charge on any atom is -0.507 e. The fraction of sp³-hybridized carbons (Fsp3) is 0.793. The van der Waals surface area contributed by atoms with Gasteiger partial charge in [0, 0.05) is 12.0 Å². The second-order valence-electron chi connectivity index (χ2n) is 12.0. The number of hydrogen-bond acceptors (Lipinski definition) is 5. The average molecular weight is 527 g/mol. The number of rotatable bonds is 14. The van der Waals surface area contributed by atoms with E-state index in [-0.39, 0.29) is 12.2 Å². The zero-order valence-corrected chi connectivity index (χ0v) is 24.6. The predicted octanol–water partition coefficient (Wildman–Crippen LogP) is 7.64. The van der Waals surface area contributed by atoms with Gasteiger partial charge in [-0.15, -0.1) is 0 Å². The summed E-state index contributed by atoms with van der Waals surface area (Å²) in [6, 6.07) is 0. The van der Waals surface area contributed by atoms with E-state index in [4.69, 9.17) is 8.92 Å². The van der Waals surface area contributed by atoms with Gasteiger partial charge in [-0.2, -0.15) is 8.42 Å². The maximum atomic E-state index is 11.7. The summed E-state index contributed by atoms with van der Waals surface area (Å²) in [5, 5.41) is 10.5. The van der Waals surface area contributed by atoms with E-state index in [1.165, 1.54) is 38.5 Å². The molecule has 1 aromatic carbocycles. The molecule has 1 aromatic rings. The Kier molecular flexibility index (Phi) is 11.1. The molecule has 0 saturated heterocycles. The highest BCUT2D eigenvalue weighted by molar-refractivity contribution is 7.80. The Hall–Kier alpha value is -1.31. The van der Waals surface area contributed by atoms with Crippen molar-refractivity contribution in [3.05, 3.63) is 22.3 Å². The SMILES string of the molecule is Cc1c(C)c2c(c(C)c1O)CC(OS(=O)(=O)O)[C@](C)(CCC[C@H](C)CCC[C@@H](C)CCCC(C)C)O2. The Morgan fingerprint density at radius 1 is 0.917 bits per heavy atom. The summed E-state index contributed by atoms with van der Waals surface area (Å²) in [7, 11) is -4.65. The number of phenols is 1. The van der Waals surface area contributed by atoms with Crippen molar-refractivity contribution in [2.24, 2.45) is 17.8 Å². The topological polar surface area (TPSA) is 93.1 Å². The van der Waals surface area contributed by atoms with Crippen LogP contribution in [0.2, 0.25) is 0 Å². The summed E-state index contributed by atoms with van der Waals surface area (Å²) in [6.45, 7) is 16.6. The molecule has 208 valence electrons. The summed E-state index contributed by atoms with van der Waals surface area (Å²) < 4.78 is 44.4. The van der Waals surface area contributed by atoms with Gasteiger partial charge in [0.25, 0.3) is 0 Å². The van der Waals surface area contributed by atoms with Crippen LogP contribution in [0.4, 0.5) is 0 Å². The van der Waals surface area contributed by atoms with Crippen molar-refractivity contribution in [1.82, 2.24) is 0 Å². The zero-order chi connectivity index (χ0) is 27.3. The van der Waals surface area contributed by atoms with Gasteiger partial charge in [0.1, 0.15) is 23.2 Å². The molecule has 0 bridgehead atoms. The Morgan fingerprint density at radius 3 is 1.97 bits per heavy atom. The fourth-order valence-electron chi connectivity index (χ4n) is 5.53. The van der Waals surface area contributed by atoms with Crippen LogP contribution in [0.15, 0.2) is 0 Å². The largest absolute Gasteiger partial charge is 0.507 e. The van der Waals surface area contributed by atoms with Crippen LogP contribution in [0.1, 0.15) is 115 Å². The lowest BCUT2D eigenvalue weighted by molar-refractivity contribution is -0.0498. The van der Waals surface area contributed by atoms with Gasteiger partial charge >= 0.3 is 10.4 Å². The van der Waals surface area contributed by atoms with E-state index in [0.29, 0.717) is 23.7 Å². The van der Waals surface area contributed by atoms with E-state index in [2.05, 4.69) is 27.7 Å². The number of benzene rings is 1. The van der Waals surface area contributed by atoms with Gasteiger partial charge in [-0.1, -0.05) is 72.6 Å². The number of phenolic OH excluding ortho intramolecular Hbond substituents is 1. The highest BCUT2D eigenvalue weighted by atomic mass is 32.3. The first kappa shape index (κ1) is 30.9. The van der Waals surface area contributed by atoms with Gasteiger partial charge in [-0.05, 0) is 75.0 Å². The van der Waals surface area contributed by atoms with Gasteiger partial charge in [0.05, 0.1) is 0 Å². The molecule has 0 spiro atoms. The predicted molar refractivity (Wildman–Crippen MR) is 146 cm³/mol. The number of fused-ring (bicyclic) bond motifs is 1. The van der Waals surface area contributed by atoms with E-state index < -0.39 is 22.1 Å². The first-order valence-corrected chi connectivity index (χ1v) is 15.2. The van der Waals surface area contributed by atoms with Crippen LogP contribution in [0.5, 0.6) is 11.5 Å². The third-order valence-corrected chi connectivity index (χ3v) is 8.70. The Morgan fingerprint density at radius 2 is 1.44 bits per heavy atom. The molecule has 0 radical (unpaired) electrons. The Labute approximate surface area is 220 Å². The molecule has 0 saturated carbocycles. The van der Waals surface area contributed by atoms with Crippen LogP contribution in [0, 0.1) is 38.5 Å². The lowest BCUT2D eigenvalue weighted by Crippen LogP contribution is -2.51. The second kappa shape index (κ2) is 13.0. The second-order valence-corrected chi connectivity index (χ2v) is 13.1. The van der Waals surface area contributed by atoms with Crippen LogP contribution >= 0.6 is 0 Å². The van der Waals surface area contributed by atoms with Crippen LogP contribution < -0.4 is 4.74 Å². The van der Waals surface area contributed by atoms with Gasteiger partial charge in [0.2, 0.25) is 0 Å². The maximum absolute atomic E-state index is 11.7. The normalized spacial score (nSPS) is 21.8. The van der Waals surface area contributed by atoms with E-state index in [0.717, 1.165) is 41.4 Å². The third kappa shape index (κ3) is 8.63. The summed E-state index contributed by atoms with van der Waals surface area (Å²) >= 11 is 0. The fourth-order valence-corrected chi connectivity index (χ4v) is 6.09. The molecule has 7 heteroatoms. The third-order valence-electron chi connectivity index (χ3n) is 8.23. The van der Waals surface area contributed by atoms with Crippen molar-refractivity contribution >= 4 is 10.4 Å². The minimum absolute atomic E-state index is 0.187. The minimum atomic E-state index is -4.65. The molecule has 2 rings (SSSR count). The summed E-state index contributed by atoms with van der Waals surface area (Å²) in [4.78, 5) is 0. The molecule has 4 atom stereocenters. The smallest absolute Gasteiger partial charge is 0.397 e. The monoisotopic (exact) mass is 526 g/mol. The van der Waals surface area contributed by atoms with Gasteiger partial charge < -0.3 is 9.84 Å². The van der Waals surface area contributed by atoms with Crippen molar-refractivity contribution in [2.75, 3.05) is 0 Å². The lowest BCUT2D eigenvalue weighted by Gasteiger charge is -2.43. The molecule has 1 unspecified atom stereocenters. The van der Waals surface area contributed by atoms with Crippen molar-refractivity contribution in [3.63, 3.8) is 0 Å². The van der Waals surface area contributed by atoms with Crippen LogP contribution in [0.3, 0.4) is 0 Å². The number of aromatic hydroxyl groups is 1. The Balaban J connectivity index is 1.99. The zero-order valence-electron chi connectivity index (χ0n) is 23.8. The van der Waals surface area contributed by atoms with Crippen LogP contribution in [-0.4, -0.2) is 29.8 Å². The Bertz CT molecular complexity index is 971.